The van der Waals surface area contributed by atoms with Crippen LogP contribution in [0.2, 0.25) is 0 Å². The van der Waals surface area contributed by atoms with Crippen LogP contribution >= 0.6 is 0 Å². The van der Waals surface area contributed by atoms with Crippen LogP contribution in [-0.4, -0.2) is 68.2 Å². The average molecular weight is 472 g/mol. The third-order valence-electron chi connectivity index (χ3n) is 5.75. The van der Waals surface area contributed by atoms with Crippen molar-refractivity contribution < 1.29 is 19.0 Å². The number of anilines is 3. The van der Waals surface area contributed by atoms with Crippen LogP contribution in [0.4, 0.5) is 21.7 Å². The standard InChI is InChI=1S/C23H30FN7O3/c1-14-13-31-20(4-7-27-31)30-21(14)29-19-10-17(28-15-5-8-34-9-6-15)16(11-25-19)22(32)26-12-18(24)23(2,3)33/h4,7,10-11,13,15,18,33H,5-6,8-9,12H2,1-3H3,(H,26,32)(H2,25,28,29,30). The van der Waals surface area contributed by atoms with E-state index in [4.69, 9.17) is 4.74 Å². The second-order valence-corrected chi connectivity index (χ2v) is 9.01. The summed E-state index contributed by atoms with van der Waals surface area (Å²) < 4.78 is 21.3. The number of aliphatic hydroxyl groups is 1. The monoisotopic (exact) mass is 471 g/mol. The van der Waals surface area contributed by atoms with E-state index >= 15 is 0 Å². The van der Waals surface area contributed by atoms with Crippen LogP contribution < -0.4 is 16.0 Å². The minimum atomic E-state index is -1.61. The molecule has 0 aromatic carbocycles. The Morgan fingerprint density at radius 3 is 2.88 bits per heavy atom. The highest BCUT2D eigenvalue weighted by Crippen LogP contribution is 2.25. The molecular weight excluding hydrogens is 441 g/mol. The zero-order chi connectivity index (χ0) is 24.3. The summed E-state index contributed by atoms with van der Waals surface area (Å²) in [4.78, 5) is 21.8. The maximum atomic E-state index is 14.2. The number of nitrogens with zero attached hydrogens (tertiary/aromatic N) is 4. The molecule has 0 saturated carbocycles. The van der Waals surface area contributed by atoms with E-state index < -0.39 is 17.7 Å². The van der Waals surface area contributed by atoms with E-state index in [1.807, 2.05) is 13.1 Å². The number of aryl methyl sites for hydroxylation is 1. The highest BCUT2D eigenvalue weighted by atomic mass is 19.1. The van der Waals surface area contributed by atoms with Crippen molar-refractivity contribution in [1.82, 2.24) is 24.9 Å². The van der Waals surface area contributed by atoms with Crippen LogP contribution in [0.25, 0.3) is 5.65 Å². The first-order valence-corrected chi connectivity index (χ1v) is 11.3. The van der Waals surface area contributed by atoms with Gasteiger partial charge in [-0.05, 0) is 33.6 Å². The van der Waals surface area contributed by atoms with Gasteiger partial charge in [-0.3, -0.25) is 4.79 Å². The minimum absolute atomic E-state index is 0.129. The SMILES string of the molecule is Cc1cn2nccc2nc1Nc1cc(NC2CCOCC2)c(C(=O)NCC(F)C(C)(C)O)cn1. The Hall–Kier alpha value is -3.31. The van der Waals surface area contributed by atoms with Crippen LogP contribution in [0.1, 0.15) is 42.6 Å². The number of rotatable bonds is 8. The molecular formula is C23H30FN7O3. The summed E-state index contributed by atoms with van der Waals surface area (Å²) in [5.41, 5.74) is 0.875. The van der Waals surface area contributed by atoms with Gasteiger partial charge >= 0.3 is 0 Å². The predicted octanol–water partition coefficient (Wildman–Crippen LogP) is 2.61. The zero-order valence-electron chi connectivity index (χ0n) is 19.5. The summed E-state index contributed by atoms with van der Waals surface area (Å²) in [5.74, 6) is 0.654. The van der Waals surface area contributed by atoms with Crippen LogP contribution in [0.5, 0.6) is 0 Å². The first-order valence-electron chi connectivity index (χ1n) is 11.3. The molecule has 1 unspecified atom stereocenters. The lowest BCUT2D eigenvalue weighted by molar-refractivity contribution is -0.00177. The van der Waals surface area contributed by atoms with Gasteiger partial charge in [-0.15, -0.1) is 0 Å². The molecule has 1 saturated heterocycles. The molecule has 0 radical (unpaired) electrons. The molecule has 1 amide bonds. The highest BCUT2D eigenvalue weighted by Gasteiger charge is 2.27. The van der Waals surface area contributed by atoms with E-state index in [1.54, 1.807) is 22.8 Å². The third kappa shape index (κ3) is 5.60. The summed E-state index contributed by atoms with van der Waals surface area (Å²) in [6, 6.07) is 3.67. The largest absolute Gasteiger partial charge is 0.387 e. The number of carbonyl (C=O) groups excluding carboxylic acids is 1. The summed E-state index contributed by atoms with van der Waals surface area (Å²) in [5, 5.41) is 23.2. The van der Waals surface area contributed by atoms with Gasteiger partial charge in [0.25, 0.3) is 5.91 Å². The fraction of sp³-hybridized carbons (Fsp3) is 0.478. The number of amides is 1. The molecule has 1 atom stereocenters. The molecule has 0 aliphatic carbocycles. The lowest BCUT2D eigenvalue weighted by Gasteiger charge is -2.26. The van der Waals surface area contributed by atoms with E-state index in [1.165, 1.54) is 20.0 Å². The van der Waals surface area contributed by atoms with Crippen molar-refractivity contribution in [2.24, 2.45) is 0 Å². The molecule has 4 heterocycles. The van der Waals surface area contributed by atoms with Gasteiger partial charge in [0.2, 0.25) is 0 Å². The van der Waals surface area contributed by atoms with Crippen molar-refractivity contribution in [1.29, 1.82) is 0 Å². The Labute approximate surface area is 196 Å². The third-order valence-corrected chi connectivity index (χ3v) is 5.75. The zero-order valence-corrected chi connectivity index (χ0v) is 19.5. The van der Waals surface area contributed by atoms with Gasteiger partial charge in [0.1, 0.15) is 17.8 Å². The highest BCUT2D eigenvalue weighted by molar-refractivity contribution is 5.99. The number of fused-ring (bicyclic) bond motifs is 1. The molecule has 182 valence electrons. The van der Waals surface area contributed by atoms with Gasteiger partial charge in [-0.2, -0.15) is 5.10 Å². The van der Waals surface area contributed by atoms with Gasteiger partial charge in [0.15, 0.2) is 5.65 Å². The van der Waals surface area contributed by atoms with Crippen LogP contribution in [-0.2, 0) is 4.74 Å². The quantitative estimate of drug-likeness (QED) is 0.395. The van der Waals surface area contributed by atoms with E-state index in [2.05, 4.69) is 31.0 Å². The molecule has 1 fully saturated rings. The molecule has 4 N–H and O–H groups in total. The van der Waals surface area contributed by atoms with Crippen molar-refractivity contribution >= 4 is 28.9 Å². The maximum absolute atomic E-state index is 14.2. The molecule has 11 heteroatoms. The first-order chi connectivity index (χ1) is 16.2. The first kappa shape index (κ1) is 23.8. The normalized spacial score (nSPS) is 15.8. The van der Waals surface area contributed by atoms with E-state index in [0.717, 1.165) is 18.4 Å². The Balaban J connectivity index is 1.57. The Morgan fingerprint density at radius 1 is 1.38 bits per heavy atom. The minimum Gasteiger partial charge on any atom is -0.387 e. The Bertz CT molecular complexity index is 1160. The number of pyridine rings is 1. The second kappa shape index (κ2) is 9.90. The second-order valence-electron chi connectivity index (χ2n) is 9.01. The van der Waals surface area contributed by atoms with Gasteiger partial charge in [-0.25, -0.2) is 18.9 Å². The number of aromatic nitrogens is 4. The van der Waals surface area contributed by atoms with Gasteiger partial charge in [0, 0.05) is 49.3 Å². The average Bonchev–Trinajstić information content (AvgIpc) is 3.24. The van der Waals surface area contributed by atoms with Crippen molar-refractivity contribution in [2.45, 2.75) is 51.4 Å². The Kier molecular flexibility index (Phi) is 6.94. The van der Waals surface area contributed by atoms with Crippen LogP contribution in [0.15, 0.2) is 30.7 Å². The van der Waals surface area contributed by atoms with Gasteiger partial charge < -0.3 is 25.8 Å². The van der Waals surface area contributed by atoms with E-state index in [9.17, 15) is 14.3 Å². The molecule has 10 nitrogen and oxygen atoms in total. The predicted molar refractivity (Wildman–Crippen MR) is 126 cm³/mol. The number of alkyl halides is 1. The number of nitrogens with one attached hydrogen (secondary N) is 3. The molecule has 1 aliphatic rings. The molecule has 1 aliphatic heterocycles. The fourth-order valence-electron chi connectivity index (χ4n) is 3.60. The van der Waals surface area contributed by atoms with Crippen LogP contribution in [0, 0.1) is 6.92 Å². The molecule has 3 aromatic heterocycles. The molecule has 0 bridgehead atoms. The lowest BCUT2D eigenvalue weighted by Crippen LogP contribution is -2.42. The fourth-order valence-corrected chi connectivity index (χ4v) is 3.60. The van der Waals surface area contributed by atoms with Gasteiger partial charge in [0.05, 0.1) is 29.6 Å². The molecule has 3 aromatic rings. The summed E-state index contributed by atoms with van der Waals surface area (Å²) in [6.07, 6.45) is 4.98. The maximum Gasteiger partial charge on any atom is 0.255 e. The number of halogens is 1. The summed E-state index contributed by atoms with van der Waals surface area (Å²) in [6.45, 7) is 5.60. The summed E-state index contributed by atoms with van der Waals surface area (Å²) >= 11 is 0. The molecule has 0 spiro atoms. The van der Waals surface area contributed by atoms with E-state index in [-0.39, 0.29) is 18.2 Å². The molecule has 34 heavy (non-hydrogen) atoms. The lowest BCUT2D eigenvalue weighted by atomic mass is 10.0. The summed E-state index contributed by atoms with van der Waals surface area (Å²) in [7, 11) is 0. The topological polar surface area (TPSA) is 126 Å². The van der Waals surface area contributed by atoms with Crippen molar-refractivity contribution in [3.8, 4) is 0 Å². The van der Waals surface area contributed by atoms with Crippen LogP contribution in [0.3, 0.4) is 0 Å². The Morgan fingerprint density at radius 2 is 2.15 bits per heavy atom. The number of hydrogen-bond acceptors (Lipinski definition) is 8. The number of carbonyl (C=O) groups is 1. The molecule has 4 rings (SSSR count). The van der Waals surface area contributed by atoms with Crippen molar-refractivity contribution in [3.05, 3.63) is 41.9 Å². The van der Waals surface area contributed by atoms with Gasteiger partial charge in [-0.1, -0.05) is 0 Å². The smallest absolute Gasteiger partial charge is 0.255 e. The van der Waals surface area contributed by atoms with Crippen molar-refractivity contribution in [3.63, 3.8) is 0 Å². The van der Waals surface area contributed by atoms with E-state index in [0.29, 0.717) is 36.2 Å². The number of hydrogen-bond donors (Lipinski definition) is 4. The van der Waals surface area contributed by atoms with Crippen molar-refractivity contribution in [2.75, 3.05) is 30.4 Å². The number of ether oxygens (including phenoxy) is 1.